The van der Waals surface area contributed by atoms with Gasteiger partial charge in [-0.25, -0.2) is 0 Å². The molecule has 0 saturated carbocycles. The van der Waals surface area contributed by atoms with Crippen LogP contribution in [0.3, 0.4) is 0 Å². The number of nitrogens with zero attached hydrogens (tertiary/aromatic N) is 3. The molecule has 3 nitrogen and oxygen atoms in total. The second-order valence-corrected chi connectivity index (χ2v) is 36.3. The molecule has 4 heteroatoms. The fourth-order valence-electron chi connectivity index (χ4n) is 21.0. The van der Waals surface area contributed by atoms with Gasteiger partial charge in [0.15, 0.2) is 0 Å². The molecule has 0 unspecified atom stereocenters. The maximum absolute atomic E-state index is 3.56. The van der Waals surface area contributed by atoms with Gasteiger partial charge in [0, 0.05) is 54.5 Å². The van der Waals surface area contributed by atoms with Crippen molar-refractivity contribution in [2.45, 2.75) is 28.7 Å². The zero-order chi connectivity index (χ0) is 91.1. The Hall–Kier alpha value is -17.3. The average Bonchev–Trinajstić information content (AvgIpc) is 1.37. The van der Waals surface area contributed by atoms with Crippen LogP contribution < -0.4 is 4.90 Å². The first kappa shape index (κ1) is 89.3. The van der Waals surface area contributed by atoms with Gasteiger partial charge in [0.1, 0.15) is 0 Å². The molecule has 26 aromatic rings. The van der Waals surface area contributed by atoms with Gasteiger partial charge < -0.3 is 14.0 Å². The molecule has 26 rings (SSSR count). The summed E-state index contributed by atoms with van der Waals surface area (Å²) >= 11 is 3.56. The third-order valence-corrected chi connectivity index (χ3v) is 27.9. The van der Waals surface area contributed by atoms with E-state index in [0.717, 1.165) is 33.6 Å². The highest BCUT2D eigenvalue weighted by Crippen LogP contribution is 2.49. The number of hydrogen-bond acceptors (Lipinski definition) is 1. The second kappa shape index (κ2) is 39.2. The van der Waals surface area contributed by atoms with Crippen LogP contribution >= 0.6 is 15.9 Å². The first-order valence-electron chi connectivity index (χ1n) is 47.1. The first-order valence-corrected chi connectivity index (χ1v) is 47.9. The molecule has 0 spiro atoms. The summed E-state index contributed by atoms with van der Waals surface area (Å²) in [6.45, 7) is 0. The highest BCUT2D eigenvalue weighted by atomic mass is 79.9. The van der Waals surface area contributed by atoms with E-state index in [1.807, 2.05) is 0 Å². The number of halogens is 1. The van der Waals surface area contributed by atoms with Gasteiger partial charge in [-0.1, -0.05) is 463 Å². The fourth-order valence-corrected chi connectivity index (χ4v) is 21.2. The van der Waals surface area contributed by atoms with E-state index < -0.39 is 0 Å². The molecule has 0 aliphatic rings. The van der Waals surface area contributed by atoms with Gasteiger partial charge in [-0.05, 0) is 280 Å². The molecule has 0 radical (unpaired) electrons. The summed E-state index contributed by atoms with van der Waals surface area (Å²) in [4.78, 5) is 2.38. The van der Waals surface area contributed by atoms with Crippen molar-refractivity contribution in [3.05, 3.63) is 549 Å². The monoisotopic (exact) mass is 1860 g/mol. The van der Waals surface area contributed by atoms with E-state index in [0.29, 0.717) is 0 Å². The molecule has 0 saturated heterocycles. The van der Waals surface area contributed by atoms with Crippen LogP contribution in [0.4, 0.5) is 17.1 Å². The molecule has 24 aromatic carbocycles. The molecule has 2 aromatic heterocycles. The van der Waals surface area contributed by atoms with E-state index in [1.165, 1.54) is 214 Å². The van der Waals surface area contributed by atoms with Gasteiger partial charge in [0.05, 0.1) is 22.1 Å². The van der Waals surface area contributed by atoms with Crippen molar-refractivity contribution in [1.29, 1.82) is 0 Å². The largest absolute Gasteiger partial charge is 0.311 e. The second-order valence-electron chi connectivity index (χ2n) is 35.4. The molecule has 0 bridgehead atoms. The number of anilines is 3. The standard InChI is InChI=1S/C66H44N2.C41H29N.C26H17Br.3CH4/c1-3-17-48(18-4-1)65-58-24-9-11-26-60(58)66(61-27-12-10-25-59(61)65)49-34-41-54(42-35-49)67(53-39-32-47(33-40-53)56-28-15-19-46-16-7-8-22-55(46)56)52-37-30-45(31-38-52)50-36-43-64-62(44-50)57-23-13-14-29-63(57)68(64)51-20-5-2-6-21-51;1-2-11-35(12-3-1)42-40-16-7-6-14-38(40)39-28-34(25-26-41(39)42)31-21-17-29(18-22-31)27-30-19-23-33(24-20-30)37-15-8-10-32-9-4-5-13-36(32)37;27-20-16-14-19(15-17-20)26-23-12-6-4-10-21(23)25(18-8-2-1-3-9-18)22-11-5-7-13-24(22)26;;;/h1-44H;1-26,28H,27H2;1-17H;3*1H4. The maximum Gasteiger partial charge on any atom is 0.0541 e. The van der Waals surface area contributed by atoms with Gasteiger partial charge >= 0.3 is 0 Å². The fraction of sp³-hybridized carbons (Fsp3) is 0.0294. The lowest BCUT2D eigenvalue weighted by atomic mass is 9.86. The minimum Gasteiger partial charge on any atom is -0.311 e. The minimum atomic E-state index is 0. The van der Waals surface area contributed by atoms with Gasteiger partial charge in [0.2, 0.25) is 0 Å². The highest BCUT2D eigenvalue weighted by molar-refractivity contribution is 9.10. The molecule has 140 heavy (non-hydrogen) atoms. The molecule has 2 heterocycles. The molecule has 0 fully saturated rings. The van der Waals surface area contributed by atoms with Crippen LogP contribution in [0, 0.1) is 0 Å². The van der Waals surface area contributed by atoms with Crippen LogP contribution in [-0.4, -0.2) is 9.13 Å². The molecular formula is C136H102BrN3. The Bertz CT molecular complexity index is 8860. The molecule has 0 aliphatic heterocycles. The van der Waals surface area contributed by atoms with E-state index in [9.17, 15) is 0 Å². The van der Waals surface area contributed by atoms with Gasteiger partial charge in [-0.15, -0.1) is 0 Å². The smallest absolute Gasteiger partial charge is 0.0541 e. The molecule has 0 atom stereocenters. The SMILES string of the molecule is Brc1ccc(-c2c3ccccc3c(-c3ccccc3)c3ccccc23)cc1.C.C.C.c1ccc(-c2c3ccccc3c(-c3ccc(N(c4ccc(-c5ccc6c(c5)c5ccccc5n6-c5ccccc5)cc4)c4ccc(-c5cccc6ccccc56)cc4)cc3)c3ccccc23)cc1.c1ccc(-n2c3ccccc3c3cc(-c4ccc(Cc5ccc(-c6cccc7ccccc67)cc5)cc4)ccc32)cc1. The van der Waals surface area contributed by atoms with E-state index in [2.05, 4.69) is 564 Å². The molecule has 0 aliphatic carbocycles. The van der Waals surface area contributed by atoms with Crippen molar-refractivity contribution >= 4 is 141 Å². The summed E-state index contributed by atoms with van der Waals surface area (Å²) in [6.07, 6.45) is 0.916. The molecule has 668 valence electrons. The summed E-state index contributed by atoms with van der Waals surface area (Å²) < 4.78 is 5.83. The molecule has 0 N–H and O–H groups in total. The highest BCUT2D eigenvalue weighted by Gasteiger charge is 2.23. The van der Waals surface area contributed by atoms with Crippen molar-refractivity contribution in [1.82, 2.24) is 9.13 Å². The lowest BCUT2D eigenvalue weighted by Crippen LogP contribution is -2.09. The number of para-hydroxylation sites is 4. The van der Waals surface area contributed by atoms with Crippen LogP contribution in [0.5, 0.6) is 0 Å². The van der Waals surface area contributed by atoms with Gasteiger partial charge in [-0.3, -0.25) is 0 Å². The Morgan fingerprint density at radius 2 is 0.414 bits per heavy atom. The van der Waals surface area contributed by atoms with Crippen molar-refractivity contribution in [3.8, 4) is 100 Å². The number of hydrogen-bond donors (Lipinski definition) is 0. The van der Waals surface area contributed by atoms with E-state index >= 15 is 0 Å². The van der Waals surface area contributed by atoms with Crippen LogP contribution in [0.25, 0.3) is 209 Å². The Balaban J connectivity index is 0.000000137. The quantitative estimate of drug-likeness (QED) is 0.0933. The summed E-state index contributed by atoms with van der Waals surface area (Å²) in [7, 11) is 0. The van der Waals surface area contributed by atoms with Crippen LogP contribution in [0.15, 0.2) is 538 Å². The van der Waals surface area contributed by atoms with Gasteiger partial charge in [0.25, 0.3) is 0 Å². The van der Waals surface area contributed by atoms with Gasteiger partial charge in [-0.2, -0.15) is 0 Å². The Morgan fingerprint density at radius 1 is 0.171 bits per heavy atom. The summed E-state index contributed by atoms with van der Waals surface area (Å²) in [5, 5.41) is 20.3. The van der Waals surface area contributed by atoms with Crippen molar-refractivity contribution < 1.29 is 0 Å². The maximum atomic E-state index is 3.56. The van der Waals surface area contributed by atoms with Crippen molar-refractivity contribution in [2.24, 2.45) is 0 Å². The lowest BCUT2D eigenvalue weighted by Gasteiger charge is -2.26. The van der Waals surface area contributed by atoms with Crippen molar-refractivity contribution in [3.63, 3.8) is 0 Å². The number of aromatic nitrogens is 2. The van der Waals surface area contributed by atoms with E-state index in [-0.39, 0.29) is 22.3 Å². The topological polar surface area (TPSA) is 13.1 Å². The molecule has 0 amide bonds. The van der Waals surface area contributed by atoms with Crippen LogP contribution in [-0.2, 0) is 6.42 Å². The normalized spacial score (nSPS) is 11.2. The average molecular weight is 1860 g/mol. The molecular weight excluding hydrogens is 1760 g/mol. The number of rotatable bonds is 15. The Morgan fingerprint density at radius 3 is 0.764 bits per heavy atom. The summed E-state index contributed by atoms with van der Waals surface area (Å²) in [5.74, 6) is 0. The zero-order valence-corrected chi connectivity index (χ0v) is 76.8. The Kier molecular flexibility index (Phi) is 25.0. The van der Waals surface area contributed by atoms with Crippen LogP contribution in [0.2, 0.25) is 0 Å². The third-order valence-electron chi connectivity index (χ3n) is 27.3. The third kappa shape index (κ3) is 16.8. The van der Waals surface area contributed by atoms with E-state index in [4.69, 9.17) is 0 Å². The van der Waals surface area contributed by atoms with Crippen molar-refractivity contribution in [2.75, 3.05) is 4.90 Å². The number of benzene rings is 24. The predicted octanol–water partition coefficient (Wildman–Crippen LogP) is 39.2. The summed E-state index contributed by atoms with van der Waals surface area (Å²) in [5.41, 5.74) is 33.0. The number of fused-ring (bicyclic) bond motifs is 12. The predicted molar refractivity (Wildman–Crippen MR) is 608 cm³/mol. The minimum absolute atomic E-state index is 0. The summed E-state index contributed by atoms with van der Waals surface area (Å²) in [6, 6.07) is 194. The van der Waals surface area contributed by atoms with Crippen LogP contribution in [0.1, 0.15) is 33.4 Å². The van der Waals surface area contributed by atoms with E-state index in [1.54, 1.807) is 0 Å². The first-order chi connectivity index (χ1) is 67.9. The zero-order valence-electron chi connectivity index (χ0n) is 75.2. The lowest BCUT2D eigenvalue weighted by molar-refractivity contribution is 1.18. The Labute approximate surface area is 827 Å².